The van der Waals surface area contributed by atoms with Crippen LogP contribution in [0.25, 0.3) is 0 Å². The molecule has 0 radical (unpaired) electrons. The van der Waals surface area contributed by atoms with Crippen molar-refractivity contribution in [1.82, 2.24) is 5.32 Å². The molecule has 2 nitrogen and oxygen atoms in total. The minimum Gasteiger partial charge on any atom is -0.367 e. The molecule has 2 saturated heterocycles. The highest BCUT2D eigenvalue weighted by molar-refractivity contribution is 5.48. The fraction of sp³-hybridized carbons (Fsp3) is 0.538. The smallest absolute Gasteiger partial charge is 0.0454 e. The predicted molar refractivity (Wildman–Crippen MR) is 63.2 cm³/mol. The van der Waals surface area contributed by atoms with Gasteiger partial charge in [-0.15, -0.1) is 0 Å². The molecule has 0 saturated carbocycles. The van der Waals surface area contributed by atoms with Crippen LogP contribution in [0.5, 0.6) is 0 Å². The van der Waals surface area contributed by atoms with Gasteiger partial charge >= 0.3 is 0 Å². The number of rotatable bonds is 1. The molecule has 0 amide bonds. The molecule has 1 N–H and O–H groups in total. The number of para-hydroxylation sites is 1. The van der Waals surface area contributed by atoms with E-state index in [0.717, 1.165) is 12.0 Å². The van der Waals surface area contributed by atoms with Crippen LogP contribution >= 0.6 is 0 Å². The summed E-state index contributed by atoms with van der Waals surface area (Å²) in [7, 11) is 0. The topological polar surface area (TPSA) is 15.3 Å². The second kappa shape index (κ2) is 3.86. The summed E-state index contributed by atoms with van der Waals surface area (Å²) in [6.07, 6.45) is 2.75. The molecule has 0 aliphatic carbocycles. The zero-order valence-electron chi connectivity index (χ0n) is 9.02. The number of fused-ring (bicyclic) bond motifs is 1. The average molecular weight is 202 g/mol. The Morgan fingerprint density at radius 2 is 2.00 bits per heavy atom. The average Bonchev–Trinajstić information content (AvgIpc) is 2.78. The lowest BCUT2D eigenvalue weighted by Crippen LogP contribution is -2.45. The van der Waals surface area contributed by atoms with Gasteiger partial charge in [-0.2, -0.15) is 0 Å². The van der Waals surface area contributed by atoms with Crippen molar-refractivity contribution in [2.45, 2.75) is 18.9 Å². The van der Waals surface area contributed by atoms with E-state index in [4.69, 9.17) is 0 Å². The van der Waals surface area contributed by atoms with Crippen molar-refractivity contribution in [1.29, 1.82) is 0 Å². The van der Waals surface area contributed by atoms with E-state index >= 15 is 0 Å². The molecule has 15 heavy (non-hydrogen) atoms. The van der Waals surface area contributed by atoms with E-state index in [2.05, 4.69) is 40.5 Å². The first-order valence-electron chi connectivity index (χ1n) is 5.97. The second-order valence-corrected chi connectivity index (χ2v) is 4.66. The lowest BCUT2D eigenvalue weighted by Gasteiger charge is -2.38. The molecule has 2 heteroatoms. The van der Waals surface area contributed by atoms with Crippen LogP contribution < -0.4 is 10.2 Å². The molecule has 2 heterocycles. The van der Waals surface area contributed by atoms with E-state index in [1.54, 1.807) is 0 Å². The van der Waals surface area contributed by atoms with Gasteiger partial charge in [0.05, 0.1) is 0 Å². The Morgan fingerprint density at radius 1 is 1.13 bits per heavy atom. The molecule has 2 atom stereocenters. The Balaban J connectivity index is 1.85. The maximum atomic E-state index is 3.52. The van der Waals surface area contributed by atoms with Gasteiger partial charge < -0.3 is 10.2 Å². The molecule has 2 fully saturated rings. The van der Waals surface area contributed by atoms with Crippen molar-refractivity contribution in [3.63, 3.8) is 0 Å². The molecule has 0 aromatic heterocycles. The van der Waals surface area contributed by atoms with Crippen LogP contribution in [0.1, 0.15) is 12.8 Å². The van der Waals surface area contributed by atoms with E-state index in [0.29, 0.717) is 0 Å². The molecule has 0 spiro atoms. The van der Waals surface area contributed by atoms with Crippen LogP contribution in [-0.2, 0) is 0 Å². The van der Waals surface area contributed by atoms with Gasteiger partial charge in [-0.3, -0.25) is 0 Å². The molecular weight excluding hydrogens is 184 g/mol. The predicted octanol–water partition coefficient (Wildman–Crippen LogP) is 1.87. The fourth-order valence-corrected chi connectivity index (χ4v) is 3.01. The van der Waals surface area contributed by atoms with Gasteiger partial charge in [-0.05, 0) is 30.9 Å². The molecule has 80 valence electrons. The van der Waals surface area contributed by atoms with Crippen molar-refractivity contribution >= 4 is 5.69 Å². The van der Waals surface area contributed by atoms with Gasteiger partial charge in [-0.1, -0.05) is 18.2 Å². The normalized spacial score (nSPS) is 30.3. The Bertz CT molecular complexity index is 323. The first-order chi connectivity index (χ1) is 7.45. The number of hydrogen-bond acceptors (Lipinski definition) is 2. The van der Waals surface area contributed by atoms with E-state index in [1.807, 2.05) is 0 Å². The summed E-state index contributed by atoms with van der Waals surface area (Å²) >= 11 is 0. The van der Waals surface area contributed by atoms with Crippen molar-refractivity contribution < 1.29 is 0 Å². The number of benzene rings is 1. The zero-order chi connectivity index (χ0) is 10.1. The van der Waals surface area contributed by atoms with Crippen LogP contribution in [0.15, 0.2) is 30.3 Å². The summed E-state index contributed by atoms with van der Waals surface area (Å²) in [6.45, 7) is 3.61. The van der Waals surface area contributed by atoms with Crippen LogP contribution in [0.2, 0.25) is 0 Å². The van der Waals surface area contributed by atoms with E-state index in [1.165, 1.54) is 38.2 Å². The van der Waals surface area contributed by atoms with E-state index < -0.39 is 0 Å². The van der Waals surface area contributed by atoms with Gasteiger partial charge in [0.15, 0.2) is 0 Å². The minimum atomic E-state index is 0.737. The maximum absolute atomic E-state index is 3.52. The van der Waals surface area contributed by atoms with Crippen LogP contribution in [0, 0.1) is 5.92 Å². The summed E-state index contributed by atoms with van der Waals surface area (Å²) in [4.78, 5) is 2.59. The summed E-state index contributed by atoms with van der Waals surface area (Å²) in [5.74, 6) is 0.874. The maximum Gasteiger partial charge on any atom is 0.0454 e. The highest BCUT2D eigenvalue weighted by Crippen LogP contribution is 2.30. The molecular formula is C13H18N2. The van der Waals surface area contributed by atoms with Gasteiger partial charge in [0.25, 0.3) is 0 Å². The first-order valence-corrected chi connectivity index (χ1v) is 5.97. The van der Waals surface area contributed by atoms with Gasteiger partial charge in [0.1, 0.15) is 0 Å². The van der Waals surface area contributed by atoms with Gasteiger partial charge in [0, 0.05) is 31.4 Å². The molecule has 3 rings (SSSR count). The highest BCUT2D eigenvalue weighted by Gasteiger charge is 2.34. The van der Waals surface area contributed by atoms with Gasteiger partial charge in [-0.25, -0.2) is 0 Å². The Kier molecular flexibility index (Phi) is 2.37. The largest absolute Gasteiger partial charge is 0.367 e. The number of hydrogen-bond donors (Lipinski definition) is 1. The Morgan fingerprint density at radius 3 is 2.87 bits per heavy atom. The number of piperidine rings is 1. The van der Waals surface area contributed by atoms with Crippen LogP contribution in [0.4, 0.5) is 5.69 Å². The standard InChI is InChI=1S/C13H18N2/c1-2-6-12(7-3-1)15-8-4-5-11-9-14-10-13(11)15/h1-3,6-7,11,13-14H,4-5,8-10H2. The monoisotopic (exact) mass is 202 g/mol. The lowest BCUT2D eigenvalue weighted by molar-refractivity contribution is 0.385. The summed E-state index contributed by atoms with van der Waals surface area (Å²) < 4.78 is 0. The van der Waals surface area contributed by atoms with Crippen molar-refractivity contribution in [2.75, 3.05) is 24.5 Å². The van der Waals surface area contributed by atoms with E-state index in [-0.39, 0.29) is 0 Å². The summed E-state index contributed by atoms with van der Waals surface area (Å²) in [6, 6.07) is 11.6. The third-order valence-corrected chi connectivity index (χ3v) is 3.77. The van der Waals surface area contributed by atoms with E-state index in [9.17, 15) is 0 Å². The summed E-state index contributed by atoms with van der Waals surface area (Å²) in [5, 5.41) is 3.52. The summed E-state index contributed by atoms with van der Waals surface area (Å²) in [5.41, 5.74) is 1.40. The van der Waals surface area contributed by atoms with Crippen molar-refractivity contribution in [2.24, 2.45) is 5.92 Å². The first kappa shape index (κ1) is 9.22. The third-order valence-electron chi connectivity index (χ3n) is 3.77. The quantitative estimate of drug-likeness (QED) is 0.748. The fourth-order valence-electron chi connectivity index (χ4n) is 3.01. The molecule has 0 bridgehead atoms. The number of anilines is 1. The molecule has 1 aromatic carbocycles. The number of nitrogens with one attached hydrogen (secondary N) is 1. The Labute approximate surface area is 91.3 Å². The molecule has 2 aliphatic heterocycles. The van der Waals surface area contributed by atoms with Crippen LogP contribution in [-0.4, -0.2) is 25.7 Å². The second-order valence-electron chi connectivity index (χ2n) is 4.66. The zero-order valence-corrected chi connectivity index (χ0v) is 9.02. The van der Waals surface area contributed by atoms with Gasteiger partial charge in [0.2, 0.25) is 0 Å². The third kappa shape index (κ3) is 1.63. The number of nitrogens with zero attached hydrogens (tertiary/aromatic N) is 1. The molecule has 2 unspecified atom stereocenters. The van der Waals surface area contributed by atoms with Crippen molar-refractivity contribution in [3.05, 3.63) is 30.3 Å². The highest BCUT2D eigenvalue weighted by atomic mass is 15.2. The van der Waals surface area contributed by atoms with Crippen molar-refractivity contribution in [3.8, 4) is 0 Å². The molecule has 2 aliphatic rings. The minimum absolute atomic E-state index is 0.737. The SMILES string of the molecule is c1ccc(N2CCCC3CNCC32)cc1. The lowest BCUT2D eigenvalue weighted by atomic mass is 9.91. The Hall–Kier alpha value is -1.02. The van der Waals surface area contributed by atoms with Crippen LogP contribution in [0.3, 0.4) is 0 Å². The molecule has 1 aromatic rings.